The molecule has 0 aromatic heterocycles. The summed E-state index contributed by atoms with van der Waals surface area (Å²) >= 11 is 0. The molecule has 0 saturated heterocycles. The first-order chi connectivity index (χ1) is 7.40. The molecule has 0 aliphatic rings. The summed E-state index contributed by atoms with van der Waals surface area (Å²) in [5.41, 5.74) is 3.11. The fourth-order valence-corrected chi connectivity index (χ4v) is 1.65. The molecule has 0 aliphatic carbocycles. The van der Waals surface area contributed by atoms with Crippen molar-refractivity contribution < 1.29 is 9.53 Å². The normalized spacial score (nSPS) is 12.6. The molecule has 1 aromatic rings. The van der Waals surface area contributed by atoms with Crippen LogP contribution >= 0.6 is 0 Å². The Hall–Kier alpha value is -1.31. The maximum Gasteiger partial charge on any atom is 0.313 e. The standard InChI is InChI=1S/C14H19O2/c1-9(2)16-14(15)12(5)13-7-10(3)6-11(4)8-13/h7-9,12H,1-5H3. The molecular formula is C14H19O2. The molecule has 2 heteroatoms. The summed E-state index contributed by atoms with van der Waals surface area (Å²) in [6, 6.07) is 7.16. The van der Waals surface area contributed by atoms with Crippen LogP contribution in [0.1, 0.15) is 43.4 Å². The fourth-order valence-electron chi connectivity index (χ4n) is 1.65. The third-order valence-corrected chi connectivity index (χ3v) is 2.37. The van der Waals surface area contributed by atoms with Crippen molar-refractivity contribution in [1.82, 2.24) is 0 Å². The summed E-state index contributed by atoms with van der Waals surface area (Å²) < 4.78 is 5.20. The maximum absolute atomic E-state index is 11.7. The lowest BCUT2D eigenvalue weighted by molar-refractivity contribution is -0.148. The van der Waals surface area contributed by atoms with Crippen LogP contribution in [0.25, 0.3) is 0 Å². The van der Waals surface area contributed by atoms with Gasteiger partial charge in [0.1, 0.15) is 0 Å². The monoisotopic (exact) mass is 219 g/mol. The van der Waals surface area contributed by atoms with E-state index in [1.807, 2.05) is 46.8 Å². The van der Waals surface area contributed by atoms with E-state index in [0.29, 0.717) is 0 Å². The molecule has 0 bridgehead atoms. The van der Waals surface area contributed by atoms with Crippen molar-refractivity contribution in [2.45, 2.75) is 46.6 Å². The fraction of sp³-hybridized carbons (Fsp3) is 0.500. The van der Waals surface area contributed by atoms with E-state index >= 15 is 0 Å². The van der Waals surface area contributed by atoms with Gasteiger partial charge in [-0.2, -0.15) is 0 Å². The Labute approximate surface area is 97.6 Å². The average molecular weight is 219 g/mol. The highest BCUT2D eigenvalue weighted by Gasteiger charge is 2.18. The highest BCUT2D eigenvalue weighted by Crippen LogP contribution is 2.20. The van der Waals surface area contributed by atoms with Crippen molar-refractivity contribution in [1.29, 1.82) is 0 Å². The molecule has 0 N–H and O–H groups in total. The molecule has 0 spiro atoms. The minimum absolute atomic E-state index is 0.0626. The van der Waals surface area contributed by atoms with Crippen LogP contribution in [0.4, 0.5) is 0 Å². The summed E-state index contributed by atoms with van der Waals surface area (Å²) in [6.07, 6.45) is -0.0626. The molecule has 1 unspecified atom stereocenters. The Bertz CT molecular complexity index is 360. The lowest BCUT2D eigenvalue weighted by atomic mass is 9.97. The van der Waals surface area contributed by atoms with Crippen LogP contribution in [0.2, 0.25) is 0 Å². The maximum atomic E-state index is 11.7. The Morgan fingerprint density at radius 3 is 2.12 bits per heavy atom. The van der Waals surface area contributed by atoms with Crippen LogP contribution in [0, 0.1) is 19.9 Å². The molecule has 0 heterocycles. The van der Waals surface area contributed by atoms with Gasteiger partial charge in [0.25, 0.3) is 0 Å². The molecule has 1 radical (unpaired) electrons. The van der Waals surface area contributed by atoms with Gasteiger partial charge in [-0.05, 0) is 57.4 Å². The van der Waals surface area contributed by atoms with Gasteiger partial charge in [0, 0.05) is 0 Å². The molecule has 0 amide bonds. The third kappa shape index (κ3) is 3.37. The number of rotatable bonds is 3. The SMILES string of the molecule is Cc1[c]c(C)cc(C(C)C(=O)OC(C)C)c1. The summed E-state index contributed by atoms with van der Waals surface area (Å²) in [6.45, 7) is 9.56. The molecule has 16 heavy (non-hydrogen) atoms. The van der Waals surface area contributed by atoms with E-state index in [9.17, 15) is 4.79 Å². The van der Waals surface area contributed by atoms with Crippen LogP contribution in [-0.4, -0.2) is 12.1 Å². The Morgan fingerprint density at radius 2 is 1.69 bits per heavy atom. The van der Waals surface area contributed by atoms with E-state index in [1.165, 1.54) is 0 Å². The topological polar surface area (TPSA) is 26.3 Å². The van der Waals surface area contributed by atoms with Gasteiger partial charge in [0.05, 0.1) is 12.0 Å². The van der Waals surface area contributed by atoms with Gasteiger partial charge in [0.15, 0.2) is 0 Å². The number of esters is 1. The summed E-state index contributed by atoms with van der Waals surface area (Å²) in [5, 5.41) is 0. The van der Waals surface area contributed by atoms with Crippen molar-refractivity contribution in [3.05, 3.63) is 34.9 Å². The Morgan fingerprint density at radius 1 is 1.19 bits per heavy atom. The van der Waals surface area contributed by atoms with Crippen molar-refractivity contribution >= 4 is 5.97 Å². The zero-order valence-corrected chi connectivity index (χ0v) is 10.6. The van der Waals surface area contributed by atoms with Crippen molar-refractivity contribution in [3.63, 3.8) is 0 Å². The van der Waals surface area contributed by atoms with Crippen molar-refractivity contribution in [2.24, 2.45) is 0 Å². The predicted octanol–water partition coefficient (Wildman–Crippen LogP) is 3.16. The molecule has 1 aromatic carbocycles. The van der Waals surface area contributed by atoms with Gasteiger partial charge in [-0.25, -0.2) is 0 Å². The van der Waals surface area contributed by atoms with E-state index in [4.69, 9.17) is 4.74 Å². The van der Waals surface area contributed by atoms with Gasteiger partial charge >= 0.3 is 5.97 Å². The number of carbonyl (C=O) groups is 1. The number of hydrogen-bond acceptors (Lipinski definition) is 2. The highest BCUT2D eigenvalue weighted by molar-refractivity contribution is 5.77. The number of hydrogen-bond donors (Lipinski definition) is 0. The second kappa shape index (κ2) is 5.15. The lowest BCUT2D eigenvalue weighted by Crippen LogP contribution is -2.17. The molecule has 0 aliphatic heterocycles. The number of carbonyl (C=O) groups excluding carboxylic acids is 1. The summed E-state index contributed by atoms with van der Waals surface area (Å²) in [7, 11) is 0. The quantitative estimate of drug-likeness (QED) is 0.730. The largest absolute Gasteiger partial charge is 0.463 e. The summed E-state index contributed by atoms with van der Waals surface area (Å²) in [5.74, 6) is -0.380. The van der Waals surface area contributed by atoms with Crippen LogP contribution in [0.15, 0.2) is 12.1 Å². The smallest absolute Gasteiger partial charge is 0.313 e. The second-order valence-corrected chi connectivity index (χ2v) is 4.49. The zero-order chi connectivity index (χ0) is 12.3. The van der Waals surface area contributed by atoms with E-state index in [2.05, 4.69) is 6.07 Å². The minimum atomic E-state index is -0.214. The zero-order valence-electron chi connectivity index (χ0n) is 10.6. The van der Waals surface area contributed by atoms with Gasteiger partial charge in [-0.15, -0.1) is 0 Å². The second-order valence-electron chi connectivity index (χ2n) is 4.49. The Balaban J connectivity index is 2.87. The number of ether oxygens (including phenoxy) is 1. The first-order valence-corrected chi connectivity index (χ1v) is 5.61. The summed E-state index contributed by atoms with van der Waals surface area (Å²) in [4.78, 5) is 11.7. The Kier molecular flexibility index (Phi) is 4.11. The number of aryl methyl sites for hydroxylation is 2. The van der Waals surface area contributed by atoms with Gasteiger partial charge in [-0.1, -0.05) is 12.1 Å². The number of benzene rings is 1. The highest BCUT2D eigenvalue weighted by atomic mass is 16.5. The van der Waals surface area contributed by atoms with Crippen LogP contribution in [0.5, 0.6) is 0 Å². The van der Waals surface area contributed by atoms with Crippen LogP contribution in [-0.2, 0) is 9.53 Å². The predicted molar refractivity (Wildman–Crippen MR) is 64.4 cm³/mol. The lowest BCUT2D eigenvalue weighted by Gasteiger charge is -2.15. The van der Waals surface area contributed by atoms with E-state index in [0.717, 1.165) is 16.7 Å². The van der Waals surface area contributed by atoms with Gasteiger partial charge in [-0.3, -0.25) is 4.79 Å². The molecule has 0 fully saturated rings. The van der Waals surface area contributed by atoms with E-state index in [1.54, 1.807) is 0 Å². The molecule has 2 nitrogen and oxygen atoms in total. The first-order valence-electron chi connectivity index (χ1n) is 5.61. The van der Waals surface area contributed by atoms with Gasteiger partial charge in [0.2, 0.25) is 0 Å². The molecular weight excluding hydrogens is 200 g/mol. The molecule has 1 atom stereocenters. The van der Waals surface area contributed by atoms with Crippen molar-refractivity contribution in [2.75, 3.05) is 0 Å². The van der Waals surface area contributed by atoms with E-state index in [-0.39, 0.29) is 18.0 Å². The first kappa shape index (κ1) is 12.8. The van der Waals surface area contributed by atoms with Crippen LogP contribution < -0.4 is 0 Å². The van der Waals surface area contributed by atoms with Gasteiger partial charge < -0.3 is 4.74 Å². The van der Waals surface area contributed by atoms with Crippen molar-refractivity contribution in [3.8, 4) is 0 Å². The minimum Gasteiger partial charge on any atom is -0.463 e. The third-order valence-electron chi connectivity index (χ3n) is 2.37. The average Bonchev–Trinajstić information content (AvgIpc) is 2.13. The molecule has 1 rings (SSSR count). The molecule has 0 saturated carbocycles. The van der Waals surface area contributed by atoms with Crippen LogP contribution in [0.3, 0.4) is 0 Å². The molecule has 87 valence electrons. The van der Waals surface area contributed by atoms with E-state index < -0.39 is 0 Å².